The molecule has 3 N–H and O–H groups in total. The molecule has 0 aliphatic heterocycles. The average Bonchev–Trinajstić information content (AvgIpc) is 2.30. The third-order valence-corrected chi connectivity index (χ3v) is 2.94. The highest BCUT2D eigenvalue weighted by Gasteiger charge is 2.41. The fourth-order valence-corrected chi connectivity index (χ4v) is 2.01. The van der Waals surface area contributed by atoms with Crippen molar-refractivity contribution in [2.75, 3.05) is 6.61 Å². The summed E-state index contributed by atoms with van der Waals surface area (Å²) in [6.07, 6.45) is -0.652. The fraction of sp³-hybridized carbons (Fsp3) is 1.00. The summed E-state index contributed by atoms with van der Waals surface area (Å²) >= 11 is 0. The van der Waals surface area contributed by atoms with Gasteiger partial charge in [0.25, 0.3) is 0 Å². The van der Waals surface area contributed by atoms with Crippen molar-refractivity contribution >= 4 is 0 Å². The zero-order valence-electron chi connectivity index (χ0n) is 7.64. The van der Waals surface area contributed by atoms with E-state index in [1.165, 1.54) is 0 Å². The Balaban J connectivity index is 2.60. The van der Waals surface area contributed by atoms with Gasteiger partial charge >= 0.3 is 0 Å². The number of hydrogen-bond donors (Lipinski definition) is 3. The molecule has 0 amide bonds. The van der Waals surface area contributed by atoms with Gasteiger partial charge in [0.1, 0.15) is 0 Å². The van der Waals surface area contributed by atoms with Gasteiger partial charge in [-0.2, -0.15) is 0 Å². The smallest absolute Gasteiger partial charge is 0.0852 e. The third kappa shape index (κ3) is 1.63. The van der Waals surface area contributed by atoms with Crippen LogP contribution in [0, 0.1) is 17.8 Å². The molecule has 3 heteroatoms. The van der Waals surface area contributed by atoms with Crippen LogP contribution in [0.3, 0.4) is 0 Å². The van der Waals surface area contributed by atoms with E-state index in [0.29, 0.717) is 5.92 Å². The molecule has 0 bridgehead atoms. The molecule has 0 heterocycles. The van der Waals surface area contributed by atoms with Gasteiger partial charge in [0.15, 0.2) is 0 Å². The van der Waals surface area contributed by atoms with Crippen LogP contribution in [0.1, 0.15) is 20.3 Å². The molecule has 1 aliphatic rings. The van der Waals surface area contributed by atoms with E-state index >= 15 is 0 Å². The maximum atomic E-state index is 9.57. The van der Waals surface area contributed by atoms with Gasteiger partial charge in [0, 0.05) is 12.5 Å². The van der Waals surface area contributed by atoms with Crippen molar-refractivity contribution in [3.8, 4) is 0 Å². The van der Waals surface area contributed by atoms with E-state index in [1.54, 1.807) is 0 Å². The Morgan fingerprint density at radius 1 is 1.25 bits per heavy atom. The molecule has 1 aliphatic carbocycles. The lowest BCUT2D eigenvalue weighted by Crippen LogP contribution is -2.30. The van der Waals surface area contributed by atoms with E-state index < -0.39 is 12.2 Å². The minimum Gasteiger partial charge on any atom is -0.396 e. The molecule has 3 nitrogen and oxygen atoms in total. The molecule has 0 spiro atoms. The molecule has 0 aromatic rings. The second kappa shape index (κ2) is 3.73. The van der Waals surface area contributed by atoms with Crippen molar-refractivity contribution < 1.29 is 15.3 Å². The SMILES string of the molecule is CC(C)[C@H]1C[C@@H](CO)[C@H](O)[C@@H]1O. The van der Waals surface area contributed by atoms with E-state index in [2.05, 4.69) is 0 Å². The summed E-state index contributed by atoms with van der Waals surface area (Å²) in [6, 6.07) is 0. The van der Waals surface area contributed by atoms with Gasteiger partial charge in [-0.1, -0.05) is 13.8 Å². The first-order valence-corrected chi connectivity index (χ1v) is 4.55. The first-order valence-electron chi connectivity index (χ1n) is 4.55. The maximum Gasteiger partial charge on any atom is 0.0852 e. The Kier molecular flexibility index (Phi) is 3.09. The van der Waals surface area contributed by atoms with E-state index in [4.69, 9.17) is 5.11 Å². The normalized spacial score (nSPS) is 42.5. The molecule has 4 atom stereocenters. The van der Waals surface area contributed by atoms with Crippen molar-refractivity contribution in [1.82, 2.24) is 0 Å². The number of aliphatic hydroxyl groups excluding tert-OH is 3. The van der Waals surface area contributed by atoms with E-state index in [0.717, 1.165) is 6.42 Å². The van der Waals surface area contributed by atoms with E-state index in [-0.39, 0.29) is 18.4 Å². The number of aliphatic hydroxyl groups is 3. The maximum absolute atomic E-state index is 9.57. The van der Waals surface area contributed by atoms with Gasteiger partial charge < -0.3 is 15.3 Å². The molecule has 1 saturated carbocycles. The van der Waals surface area contributed by atoms with Crippen molar-refractivity contribution in [1.29, 1.82) is 0 Å². The first-order chi connectivity index (χ1) is 5.57. The van der Waals surface area contributed by atoms with Gasteiger partial charge in [0.2, 0.25) is 0 Å². The number of rotatable bonds is 2. The van der Waals surface area contributed by atoms with Crippen LogP contribution in [0.15, 0.2) is 0 Å². The third-order valence-electron chi connectivity index (χ3n) is 2.94. The molecule has 12 heavy (non-hydrogen) atoms. The fourth-order valence-electron chi connectivity index (χ4n) is 2.01. The zero-order valence-corrected chi connectivity index (χ0v) is 7.64. The summed E-state index contributed by atoms with van der Waals surface area (Å²) in [6.45, 7) is 4.03. The van der Waals surface area contributed by atoms with Crippen molar-refractivity contribution in [2.24, 2.45) is 17.8 Å². The molecule has 1 rings (SSSR count). The number of hydrogen-bond acceptors (Lipinski definition) is 3. The second-order valence-electron chi connectivity index (χ2n) is 4.07. The predicted molar refractivity (Wildman–Crippen MR) is 45.5 cm³/mol. The Bertz CT molecular complexity index is 147. The zero-order chi connectivity index (χ0) is 9.30. The lowest BCUT2D eigenvalue weighted by atomic mass is 9.92. The summed E-state index contributed by atoms with van der Waals surface area (Å²) < 4.78 is 0. The molecule has 0 aromatic carbocycles. The van der Waals surface area contributed by atoms with Gasteiger partial charge in [-0.25, -0.2) is 0 Å². The Hall–Kier alpha value is -0.120. The molecular formula is C9H18O3. The minimum absolute atomic E-state index is 0.0263. The average molecular weight is 174 g/mol. The van der Waals surface area contributed by atoms with Gasteiger partial charge in [-0.15, -0.1) is 0 Å². The molecule has 72 valence electrons. The van der Waals surface area contributed by atoms with Crippen LogP contribution in [0.4, 0.5) is 0 Å². The van der Waals surface area contributed by atoms with Crippen LogP contribution in [0.25, 0.3) is 0 Å². The Morgan fingerprint density at radius 3 is 2.08 bits per heavy atom. The Morgan fingerprint density at radius 2 is 1.83 bits per heavy atom. The lowest BCUT2D eigenvalue weighted by molar-refractivity contribution is -0.0120. The predicted octanol–water partition coefficient (Wildman–Crippen LogP) is -0.00740. The van der Waals surface area contributed by atoms with Crippen molar-refractivity contribution in [3.05, 3.63) is 0 Å². The highest BCUT2D eigenvalue weighted by molar-refractivity contribution is 4.91. The van der Waals surface area contributed by atoms with Crippen LogP contribution < -0.4 is 0 Å². The van der Waals surface area contributed by atoms with Crippen molar-refractivity contribution in [2.45, 2.75) is 32.5 Å². The van der Waals surface area contributed by atoms with E-state index in [9.17, 15) is 10.2 Å². The standard InChI is InChI=1S/C9H18O3/c1-5(2)7-3-6(4-10)8(11)9(7)12/h5-12H,3-4H2,1-2H3/t6-,7+,8-,9+/m0/s1. The quantitative estimate of drug-likeness (QED) is 0.552. The minimum atomic E-state index is -0.734. The summed E-state index contributed by atoms with van der Waals surface area (Å²) in [5.74, 6) is 0.371. The van der Waals surface area contributed by atoms with Gasteiger partial charge in [0.05, 0.1) is 12.2 Å². The van der Waals surface area contributed by atoms with Gasteiger partial charge in [-0.05, 0) is 18.3 Å². The van der Waals surface area contributed by atoms with Crippen LogP contribution in [0.2, 0.25) is 0 Å². The Labute approximate surface area is 73.0 Å². The first kappa shape index (κ1) is 9.96. The summed E-state index contributed by atoms with van der Waals surface area (Å²) in [5.41, 5.74) is 0. The highest BCUT2D eigenvalue weighted by Crippen LogP contribution is 2.35. The summed E-state index contributed by atoms with van der Waals surface area (Å²) in [4.78, 5) is 0. The van der Waals surface area contributed by atoms with Crippen LogP contribution in [-0.2, 0) is 0 Å². The van der Waals surface area contributed by atoms with Crippen molar-refractivity contribution in [3.63, 3.8) is 0 Å². The van der Waals surface area contributed by atoms with E-state index in [1.807, 2.05) is 13.8 Å². The lowest BCUT2D eigenvalue weighted by Gasteiger charge is -2.19. The van der Waals surface area contributed by atoms with Crippen LogP contribution in [0.5, 0.6) is 0 Å². The second-order valence-corrected chi connectivity index (χ2v) is 4.07. The molecule has 0 unspecified atom stereocenters. The topological polar surface area (TPSA) is 60.7 Å². The molecular weight excluding hydrogens is 156 g/mol. The molecule has 0 saturated heterocycles. The summed E-state index contributed by atoms with van der Waals surface area (Å²) in [7, 11) is 0. The van der Waals surface area contributed by atoms with Crippen LogP contribution >= 0.6 is 0 Å². The molecule has 1 fully saturated rings. The van der Waals surface area contributed by atoms with Gasteiger partial charge in [-0.3, -0.25) is 0 Å². The highest BCUT2D eigenvalue weighted by atomic mass is 16.3. The largest absolute Gasteiger partial charge is 0.396 e. The molecule has 0 aromatic heterocycles. The molecule has 0 radical (unpaired) electrons. The summed E-state index contributed by atoms with van der Waals surface area (Å²) in [5, 5.41) is 27.9. The monoisotopic (exact) mass is 174 g/mol. The van der Waals surface area contributed by atoms with Crippen LogP contribution in [-0.4, -0.2) is 34.1 Å².